The summed E-state index contributed by atoms with van der Waals surface area (Å²) in [5.74, 6) is -0.368. The molecule has 5 heteroatoms. The first-order valence-electron chi connectivity index (χ1n) is 5.61. The highest BCUT2D eigenvalue weighted by atomic mass is 16.5. The van der Waals surface area contributed by atoms with Crippen molar-refractivity contribution in [3.63, 3.8) is 0 Å². The first kappa shape index (κ1) is 14.0. The van der Waals surface area contributed by atoms with Gasteiger partial charge in [0, 0.05) is 6.04 Å². The van der Waals surface area contributed by atoms with Gasteiger partial charge in [0.1, 0.15) is 0 Å². The second-order valence-corrected chi connectivity index (χ2v) is 3.80. The Labute approximate surface area is 106 Å². The SMILES string of the molecule is COC(=O)C[C@H](Cc1ccccc1)NC(=O)OC. The number of ether oxygens (including phenoxy) is 2. The largest absolute Gasteiger partial charge is 0.469 e. The summed E-state index contributed by atoms with van der Waals surface area (Å²) in [7, 11) is 2.60. The van der Waals surface area contributed by atoms with E-state index in [9.17, 15) is 9.59 Å². The first-order chi connectivity index (χ1) is 8.65. The van der Waals surface area contributed by atoms with E-state index in [4.69, 9.17) is 0 Å². The fourth-order valence-electron chi connectivity index (χ4n) is 1.58. The zero-order valence-electron chi connectivity index (χ0n) is 10.5. The molecule has 1 atom stereocenters. The number of benzene rings is 1. The second-order valence-electron chi connectivity index (χ2n) is 3.80. The molecule has 0 aliphatic carbocycles. The topological polar surface area (TPSA) is 64.6 Å². The second kappa shape index (κ2) is 7.32. The number of hydrogen-bond donors (Lipinski definition) is 1. The first-order valence-corrected chi connectivity index (χ1v) is 5.61. The highest BCUT2D eigenvalue weighted by molar-refractivity contribution is 5.72. The van der Waals surface area contributed by atoms with Gasteiger partial charge in [0.25, 0.3) is 0 Å². The lowest BCUT2D eigenvalue weighted by atomic mass is 10.0. The Morgan fingerprint density at radius 1 is 1.17 bits per heavy atom. The number of nitrogens with one attached hydrogen (secondary N) is 1. The number of hydrogen-bond acceptors (Lipinski definition) is 4. The van der Waals surface area contributed by atoms with E-state index in [0.717, 1.165) is 5.56 Å². The minimum Gasteiger partial charge on any atom is -0.469 e. The quantitative estimate of drug-likeness (QED) is 0.806. The number of methoxy groups -OCH3 is 2. The number of carbonyl (C=O) groups is 2. The van der Waals surface area contributed by atoms with Gasteiger partial charge in [0.05, 0.1) is 20.6 Å². The van der Waals surface area contributed by atoms with Crippen molar-refractivity contribution in [2.24, 2.45) is 0 Å². The molecule has 0 aromatic heterocycles. The van der Waals surface area contributed by atoms with Crippen molar-refractivity contribution in [1.29, 1.82) is 0 Å². The van der Waals surface area contributed by atoms with Gasteiger partial charge in [-0.3, -0.25) is 4.79 Å². The van der Waals surface area contributed by atoms with Crippen molar-refractivity contribution in [3.8, 4) is 0 Å². The maximum Gasteiger partial charge on any atom is 0.407 e. The van der Waals surface area contributed by atoms with E-state index in [-0.39, 0.29) is 18.4 Å². The molecule has 1 rings (SSSR count). The Bertz CT molecular complexity index is 373. The van der Waals surface area contributed by atoms with E-state index in [1.807, 2.05) is 30.3 Å². The van der Waals surface area contributed by atoms with Crippen LogP contribution in [0.1, 0.15) is 12.0 Å². The molecule has 0 fully saturated rings. The number of alkyl carbamates (subject to hydrolysis) is 1. The maximum absolute atomic E-state index is 11.3. The summed E-state index contributed by atoms with van der Waals surface area (Å²) >= 11 is 0. The summed E-state index contributed by atoms with van der Waals surface area (Å²) in [6.07, 6.45) is 0.103. The summed E-state index contributed by atoms with van der Waals surface area (Å²) in [6, 6.07) is 9.25. The van der Waals surface area contributed by atoms with E-state index < -0.39 is 6.09 Å². The van der Waals surface area contributed by atoms with Crippen molar-refractivity contribution in [3.05, 3.63) is 35.9 Å². The van der Waals surface area contributed by atoms with E-state index in [1.165, 1.54) is 14.2 Å². The van der Waals surface area contributed by atoms with E-state index in [1.54, 1.807) is 0 Å². The van der Waals surface area contributed by atoms with Crippen LogP contribution in [0.4, 0.5) is 4.79 Å². The van der Waals surface area contributed by atoms with Gasteiger partial charge in [-0.05, 0) is 12.0 Å². The van der Waals surface area contributed by atoms with Crippen LogP contribution in [-0.2, 0) is 20.7 Å². The third-order valence-corrected chi connectivity index (χ3v) is 2.47. The van der Waals surface area contributed by atoms with Gasteiger partial charge in [-0.2, -0.15) is 0 Å². The summed E-state index contributed by atoms with van der Waals surface area (Å²) in [5, 5.41) is 2.62. The average molecular weight is 251 g/mol. The average Bonchev–Trinajstić information content (AvgIpc) is 2.39. The van der Waals surface area contributed by atoms with Crippen LogP contribution in [0.2, 0.25) is 0 Å². The molecular formula is C13H17NO4. The molecule has 0 aliphatic rings. The Kier molecular flexibility index (Phi) is 5.70. The smallest absolute Gasteiger partial charge is 0.407 e. The normalized spacial score (nSPS) is 11.4. The number of esters is 1. The van der Waals surface area contributed by atoms with Crippen LogP contribution in [-0.4, -0.2) is 32.3 Å². The van der Waals surface area contributed by atoms with Gasteiger partial charge in [-0.25, -0.2) is 4.79 Å². The molecule has 18 heavy (non-hydrogen) atoms. The Balaban J connectivity index is 2.64. The van der Waals surface area contributed by atoms with Gasteiger partial charge < -0.3 is 14.8 Å². The van der Waals surface area contributed by atoms with Gasteiger partial charge in [0.2, 0.25) is 0 Å². The van der Waals surface area contributed by atoms with Crippen LogP contribution in [0.25, 0.3) is 0 Å². The van der Waals surface area contributed by atoms with Crippen molar-refractivity contribution < 1.29 is 19.1 Å². The summed E-state index contributed by atoms with van der Waals surface area (Å²) in [5.41, 5.74) is 1.03. The van der Waals surface area contributed by atoms with Gasteiger partial charge in [-0.15, -0.1) is 0 Å². The zero-order valence-corrected chi connectivity index (χ0v) is 10.5. The Hall–Kier alpha value is -2.04. The van der Waals surface area contributed by atoms with Crippen molar-refractivity contribution >= 4 is 12.1 Å². The molecule has 1 amide bonds. The van der Waals surface area contributed by atoms with Crippen LogP contribution < -0.4 is 5.32 Å². The molecule has 98 valence electrons. The fraction of sp³-hybridized carbons (Fsp3) is 0.385. The third kappa shape index (κ3) is 4.86. The van der Waals surface area contributed by atoms with Crippen molar-refractivity contribution in [2.75, 3.05) is 14.2 Å². The summed E-state index contributed by atoms with van der Waals surface area (Å²) in [6.45, 7) is 0. The van der Waals surface area contributed by atoms with Gasteiger partial charge in [0.15, 0.2) is 0 Å². The molecule has 0 radical (unpaired) electrons. The Morgan fingerprint density at radius 2 is 1.83 bits per heavy atom. The maximum atomic E-state index is 11.3. The van der Waals surface area contributed by atoms with Crippen molar-refractivity contribution in [1.82, 2.24) is 5.32 Å². The minimum absolute atomic E-state index is 0.112. The van der Waals surface area contributed by atoms with Crippen molar-refractivity contribution in [2.45, 2.75) is 18.9 Å². The van der Waals surface area contributed by atoms with Crippen LogP contribution in [0, 0.1) is 0 Å². The van der Waals surface area contributed by atoms with E-state index in [0.29, 0.717) is 6.42 Å². The van der Waals surface area contributed by atoms with Crippen LogP contribution in [0.15, 0.2) is 30.3 Å². The zero-order chi connectivity index (χ0) is 13.4. The van der Waals surface area contributed by atoms with Crippen LogP contribution in [0.5, 0.6) is 0 Å². The lowest BCUT2D eigenvalue weighted by molar-refractivity contribution is -0.141. The molecule has 0 heterocycles. The van der Waals surface area contributed by atoms with E-state index >= 15 is 0 Å². The molecule has 0 unspecified atom stereocenters. The summed E-state index contributed by atoms with van der Waals surface area (Å²) in [4.78, 5) is 22.5. The minimum atomic E-state index is -0.556. The van der Waals surface area contributed by atoms with Crippen LogP contribution in [0.3, 0.4) is 0 Å². The standard InChI is InChI=1S/C13H17NO4/c1-17-12(15)9-11(14-13(16)18-2)8-10-6-4-3-5-7-10/h3-7,11H,8-9H2,1-2H3,(H,14,16)/t11-/m0/s1. The lowest BCUT2D eigenvalue weighted by Gasteiger charge is -2.16. The third-order valence-electron chi connectivity index (χ3n) is 2.47. The lowest BCUT2D eigenvalue weighted by Crippen LogP contribution is -2.38. The van der Waals surface area contributed by atoms with Crippen LogP contribution >= 0.6 is 0 Å². The molecule has 0 saturated heterocycles. The fourth-order valence-corrected chi connectivity index (χ4v) is 1.58. The number of carbonyl (C=O) groups excluding carboxylic acids is 2. The predicted molar refractivity (Wildman–Crippen MR) is 66.1 cm³/mol. The molecule has 0 saturated carbocycles. The molecule has 1 N–H and O–H groups in total. The highest BCUT2D eigenvalue weighted by Gasteiger charge is 2.17. The highest BCUT2D eigenvalue weighted by Crippen LogP contribution is 2.07. The number of rotatable bonds is 5. The molecule has 5 nitrogen and oxygen atoms in total. The monoisotopic (exact) mass is 251 g/mol. The van der Waals surface area contributed by atoms with Gasteiger partial charge >= 0.3 is 12.1 Å². The molecule has 1 aromatic carbocycles. The molecular weight excluding hydrogens is 234 g/mol. The van der Waals surface area contributed by atoms with Gasteiger partial charge in [-0.1, -0.05) is 30.3 Å². The molecule has 0 bridgehead atoms. The molecule has 1 aromatic rings. The molecule has 0 aliphatic heterocycles. The predicted octanol–water partition coefficient (Wildman–Crippen LogP) is 1.52. The number of amides is 1. The molecule has 0 spiro atoms. The Morgan fingerprint density at radius 3 is 2.39 bits per heavy atom. The van der Waals surface area contributed by atoms with E-state index in [2.05, 4.69) is 14.8 Å². The summed E-state index contributed by atoms with van der Waals surface area (Å²) < 4.78 is 9.13.